The fourth-order valence-electron chi connectivity index (χ4n) is 3.18. The molecule has 2 heterocycles. The minimum absolute atomic E-state index is 0.00150. The van der Waals surface area contributed by atoms with Crippen LogP contribution >= 0.6 is 0 Å². The first-order valence-electron chi connectivity index (χ1n) is 7.48. The monoisotopic (exact) mass is 291 g/mol. The molecule has 1 saturated carbocycles. The predicted octanol–water partition coefficient (Wildman–Crippen LogP) is 1.17. The van der Waals surface area contributed by atoms with Crippen LogP contribution in [0.15, 0.2) is 18.3 Å². The number of carbonyl (C=O) groups is 1. The van der Waals surface area contributed by atoms with E-state index in [1.807, 2.05) is 0 Å². The van der Waals surface area contributed by atoms with E-state index in [4.69, 9.17) is 15.2 Å². The highest BCUT2D eigenvalue weighted by Crippen LogP contribution is 2.38. The molecule has 3 N–H and O–H groups in total. The molecule has 6 heteroatoms. The van der Waals surface area contributed by atoms with Crippen LogP contribution < -0.4 is 11.1 Å². The molecule has 4 atom stereocenters. The van der Waals surface area contributed by atoms with E-state index in [-0.39, 0.29) is 24.2 Å². The quantitative estimate of drug-likeness (QED) is 0.810. The molecule has 1 aromatic heterocycles. The van der Waals surface area contributed by atoms with Crippen molar-refractivity contribution in [2.24, 2.45) is 11.7 Å². The summed E-state index contributed by atoms with van der Waals surface area (Å²) in [6.07, 6.45) is 3.94. The van der Waals surface area contributed by atoms with Crippen LogP contribution in [-0.4, -0.2) is 42.4 Å². The molecule has 6 nitrogen and oxygen atoms in total. The summed E-state index contributed by atoms with van der Waals surface area (Å²) in [6, 6.07) is 3.46. The summed E-state index contributed by atoms with van der Waals surface area (Å²) < 4.78 is 10.8. The van der Waals surface area contributed by atoms with Crippen molar-refractivity contribution < 1.29 is 14.3 Å². The lowest BCUT2D eigenvalue weighted by atomic mass is 9.68. The van der Waals surface area contributed by atoms with Crippen molar-refractivity contribution in [1.82, 2.24) is 4.98 Å². The molecular weight excluding hydrogens is 270 g/mol. The van der Waals surface area contributed by atoms with Gasteiger partial charge >= 0.3 is 5.97 Å². The SMILES string of the molecule is CCOC(=O)c1cccnc1NC1C(N)C2CCCOC21. The van der Waals surface area contributed by atoms with Gasteiger partial charge in [0.15, 0.2) is 0 Å². The molecule has 1 saturated heterocycles. The Kier molecular flexibility index (Phi) is 4.07. The molecule has 2 aliphatic rings. The van der Waals surface area contributed by atoms with Gasteiger partial charge in [-0.1, -0.05) is 0 Å². The Balaban J connectivity index is 1.74. The van der Waals surface area contributed by atoms with Gasteiger partial charge < -0.3 is 20.5 Å². The van der Waals surface area contributed by atoms with Crippen LogP contribution in [0.2, 0.25) is 0 Å². The fourth-order valence-corrected chi connectivity index (χ4v) is 3.18. The van der Waals surface area contributed by atoms with Gasteiger partial charge in [-0.25, -0.2) is 9.78 Å². The fraction of sp³-hybridized carbons (Fsp3) is 0.600. The standard InChI is InChI=1S/C15H21N3O3/c1-2-20-15(19)10-5-3-7-17-14(10)18-12-11(16)9-6-4-8-21-13(9)12/h3,5,7,9,11-13H,2,4,6,8,16H2,1H3,(H,17,18). The van der Waals surface area contributed by atoms with Gasteiger partial charge in [0.2, 0.25) is 0 Å². The summed E-state index contributed by atoms with van der Waals surface area (Å²) in [4.78, 5) is 16.2. The Morgan fingerprint density at radius 2 is 2.48 bits per heavy atom. The second-order valence-corrected chi connectivity index (χ2v) is 5.51. The number of pyridine rings is 1. The number of fused-ring (bicyclic) bond motifs is 1. The van der Waals surface area contributed by atoms with E-state index in [1.165, 1.54) is 0 Å². The lowest BCUT2D eigenvalue weighted by molar-refractivity contribution is -0.104. The maximum atomic E-state index is 12.0. The number of anilines is 1. The Labute approximate surface area is 124 Å². The molecule has 2 fully saturated rings. The molecule has 0 bridgehead atoms. The van der Waals surface area contributed by atoms with E-state index in [1.54, 1.807) is 25.3 Å². The minimum atomic E-state index is -0.373. The number of rotatable bonds is 4. The van der Waals surface area contributed by atoms with Gasteiger partial charge in [0, 0.05) is 24.8 Å². The zero-order valence-electron chi connectivity index (χ0n) is 12.1. The minimum Gasteiger partial charge on any atom is -0.462 e. The summed E-state index contributed by atoms with van der Waals surface area (Å²) in [7, 11) is 0. The lowest BCUT2D eigenvalue weighted by Crippen LogP contribution is -2.69. The maximum Gasteiger partial charge on any atom is 0.341 e. The maximum absolute atomic E-state index is 12.0. The van der Waals surface area contributed by atoms with Crippen molar-refractivity contribution in [3.05, 3.63) is 23.9 Å². The largest absolute Gasteiger partial charge is 0.462 e. The van der Waals surface area contributed by atoms with E-state index in [2.05, 4.69) is 10.3 Å². The third-order valence-corrected chi connectivity index (χ3v) is 4.28. The number of carbonyl (C=O) groups excluding carboxylic acids is 1. The Morgan fingerprint density at radius 3 is 3.29 bits per heavy atom. The van der Waals surface area contributed by atoms with Crippen LogP contribution in [0.5, 0.6) is 0 Å². The zero-order chi connectivity index (χ0) is 14.8. The smallest absolute Gasteiger partial charge is 0.341 e. The number of hydrogen-bond donors (Lipinski definition) is 2. The van der Waals surface area contributed by atoms with Gasteiger partial charge in [-0.2, -0.15) is 0 Å². The lowest BCUT2D eigenvalue weighted by Gasteiger charge is -2.52. The number of esters is 1. The summed E-state index contributed by atoms with van der Waals surface area (Å²) in [5, 5.41) is 3.27. The van der Waals surface area contributed by atoms with Crippen LogP contribution in [0.25, 0.3) is 0 Å². The molecule has 0 amide bonds. The molecule has 1 aliphatic carbocycles. The third-order valence-electron chi connectivity index (χ3n) is 4.28. The first-order chi connectivity index (χ1) is 10.2. The van der Waals surface area contributed by atoms with Gasteiger partial charge in [-0.3, -0.25) is 0 Å². The molecular formula is C15H21N3O3. The highest BCUT2D eigenvalue weighted by atomic mass is 16.5. The van der Waals surface area contributed by atoms with E-state index in [0.717, 1.165) is 19.4 Å². The van der Waals surface area contributed by atoms with Crippen molar-refractivity contribution in [3.8, 4) is 0 Å². The van der Waals surface area contributed by atoms with Crippen LogP contribution in [-0.2, 0) is 9.47 Å². The molecule has 1 aliphatic heterocycles. The van der Waals surface area contributed by atoms with Crippen molar-refractivity contribution >= 4 is 11.8 Å². The highest BCUT2D eigenvalue weighted by molar-refractivity contribution is 5.94. The van der Waals surface area contributed by atoms with Crippen molar-refractivity contribution in [2.45, 2.75) is 38.0 Å². The number of nitrogens with two attached hydrogens (primary N) is 1. The van der Waals surface area contributed by atoms with Gasteiger partial charge in [0.05, 0.1) is 18.8 Å². The molecule has 0 spiro atoms. The van der Waals surface area contributed by atoms with Crippen LogP contribution in [0.4, 0.5) is 5.82 Å². The summed E-state index contributed by atoms with van der Waals surface area (Å²) in [6.45, 7) is 2.90. The molecule has 1 aromatic rings. The average molecular weight is 291 g/mol. The zero-order valence-corrected chi connectivity index (χ0v) is 12.1. The van der Waals surface area contributed by atoms with Gasteiger partial charge in [0.1, 0.15) is 11.4 Å². The first kappa shape index (κ1) is 14.3. The molecule has 0 aromatic carbocycles. The van der Waals surface area contributed by atoms with Crippen molar-refractivity contribution in [1.29, 1.82) is 0 Å². The first-order valence-corrected chi connectivity index (χ1v) is 7.48. The second-order valence-electron chi connectivity index (χ2n) is 5.51. The number of aromatic nitrogens is 1. The van der Waals surface area contributed by atoms with Crippen molar-refractivity contribution in [3.63, 3.8) is 0 Å². The Bertz CT molecular complexity index is 523. The topological polar surface area (TPSA) is 86.5 Å². The molecule has 0 radical (unpaired) electrons. The van der Waals surface area contributed by atoms with Gasteiger partial charge in [-0.15, -0.1) is 0 Å². The Morgan fingerprint density at radius 1 is 1.62 bits per heavy atom. The number of hydrogen-bond acceptors (Lipinski definition) is 6. The average Bonchev–Trinajstić information content (AvgIpc) is 2.53. The Hall–Kier alpha value is -1.66. The number of nitrogens with one attached hydrogen (secondary N) is 1. The van der Waals surface area contributed by atoms with Crippen molar-refractivity contribution in [2.75, 3.05) is 18.5 Å². The molecule has 4 unspecified atom stereocenters. The van der Waals surface area contributed by atoms with Gasteiger partial charge in [0.25, 0.3) is 0 Å². The molecule has 21 heavy (non-hydrogen) atoms. The van der Waals surface area contributed by atoms with E-state index in [0.29, 0.717) is 23.9 Å². The second kappa shape index (κ2) is 5.99. The van der Waals surface area contributed by atoms with Crippen LogP contribution in [0.1, 0.15) is 30.1 Å². The number of ether oxygens (including phenoxy) is 2. The van der Waals surface area contributed by atoms with E-state index >= 15 is 0 Å². The summed E-state index contributed by atoms with van der Waals surface area (Å²) in [5.74, 6) is 0.553. The van der Waals surface area contributed by atoms with Gasteiger partial charge in [-0.05, 0) is 31.9 Å². The number of nitrogens with zero attached hydrogens (tertiary/aromatic N) is 1. The van der Waals surface area contributed by atoms with Crippen LogP contribution in [0.3, 0.4) is 0 Å². The highest BCUT2D eigenvalue weighted by Gasteiger charge is 2.50. The summed E-state index contributed by atoms with van der Waals surface area (Å²) in [5.41, 5.74) is 6.66. The normalized spacial score (nSPS) is 31.0. The molecule has 114 valence electrons. The van der Waals surface area contributed by atoms with E-state index < -0.39 is 0 Å². The molecule has 3 rings (SSSR count). The van der Waals surface area contributed by atoms with E-state index in [9.17, 15) is 4.79 Å². The van der Waals surface area contributed by atoms with Crippen LogP contribution in [0, 0.1) is 5.92 Å². The third kappa shape index (κ3) is 2.61. The predicted molar refractivity (Wildman–Crippen MR) is 78.0 cm³/mol. The summed E-state index contributed by atoms with van der Waals surface area (Å²) >= 11 is 0.